The van der Waals surface area contributed by atoms with E-state index in [1.807, 2.05) is 18.5 Å². The smallest absolute Gasteiger partial charge is 0.304 e. The first-order chi connectivity index (χ1) is 27.7. The average molecular weight is 778 g/mol. The summed E-state index contributed by atoms with van der Waals surface area (Å²) in [7, 11) is 0. The highest BCUT2D eigenvalue weighted by atomic mass is 19.3. The Bertz CT molecular complexity index is 2240. The molecule has 0 radical (unpaired) electrons. The van der Waals surface area contributed by atoms with Crippen molar-refractivity contribution < 1.29 is 27.8 Å². The van der Waals surface area contributed by atoms with Crippen LogP contribution < -0.4 is 10.1 Å². The summed E-state index contributed by atoms with van der Waals surface area (Å²) in [5.41, 5.74) is 7.04. The fourth-order valence-corrected chi connectivity index (χ4v) is 8.15. The number of amides is 2. The van der Waals surface area contributed by atoms with Crippen LogP contribution in [0.25, 0.3) is 32.9 Å². The summed E-state index contributed by atoms with van der Waals surface area (Å²) in [5.74, 6) is -3.56. The highest BCUT2D eigenvalue weighted by Gasteiger charge is 2.40. The van der Waals surface area contributed by atoms with Gasteiger partial charge in [-0.25, -0.2) is 8.78 Å². The topological polar surface area (TPSA) is 116 Å². The van der Waals surface area contributed by atoms with Crippen LogP contribution in [0.5, 0.6) is 5.75 Å². The molecule has 8 rings (SSSR count). The number of aromatic nitrogens is 3. The summed E-state index contributed by atoms with van der Waals surface area (Å²) in [6.07, 6.45) is 10.3. The molecule has 13 heteroatoms. The van der Waals surface area contributed by atoms with Gasteiger partial charge >= 0.3 is 5.92 Å². The van der Waals surface area contributed by atoms with Crippen LogP contribution in [-0.4, -0.2) is 113 Å². The Hall–Kier alpha value is -5.24. The number of unbranched alkanes of at least 4 members (excludes halogenated alkanes) is 1. The molecule has 2 saturated heterocycles. The van der Waals surface area contributed by atoms with E-state index in [1.54, 1.807) is 24.4 Å². The van der Waals surface area contributed by atoms with Crippen molar-refractivity contribution in [2.75, 3.05) is 59.1 Å². The number of aryl methyl sites for hydroxylation is 1. The number of nitrogens with zero attached hydrogens (tertiary/aromatic N) is 5. The lowest BCUT2D eigenvalue weighted by Crippen LogP contribution is -2.49. The van der Waals surface area contributed by atoms with Crippen LogP contribution >= 0.6 is 0 Å². The van der Waals surface area contributed by atoms with E-state index < -0.39 is 25.2 Å². The number of pyridine rings is 2. The molecule has 2 fully saturated rings. The Morgan fingerprint density at radius 1 is 0.877 bits per heavy atom. The number of allylic oxidation sites excluding steroid dienone is 1. The Kier molecular flexibility index (Phi) is 11.6. The van der Waals surface area contributed by atoms with Crippen molar-refractivity contribution in [3.63, 3.8) is 0 Å². The number of H-pyrrole nitrogens is 1. The maximum atomic E-state index is 14.8. The number of hydrogen-bond donors (Lipinski definition) is 2. The number of ether oxygens (including phenoxy) is 2. The number of carbonyl (C=O) groups is 2. The molecule has 1 atom stereocenters. The van der Waals surface area contributed by atoms with Crippen LogP contribution in [0.2, 0.25) is 0 Å². The lowest BCUT2D eigenvalue weighted by Gasteiger charge is -2.34. The number of alkyl halides is 2. The summed E-state index contributed by atoms with van der Waals surface area (Å²) in [6, 6.07) is 17.0. The monoisotopic (exact) mass is 777 g/mol. The molecule has 3 aliphatic rings. The van der Waals surface area contributed by atoms with Gasteiger partial charge < -0.3 is 34.5 Å². The molecular weight excluding hydrogens is 729 g/mol. The van der Waals surface area contributed by atoms with Crippen molar-refractivity contribution in [2.45, 2.75) is 57.0 Å². The molecule has 3 aromatic heterocycles. The third-order valence-corrected chi connectivity index (χ3v) is 11.3. The predicted molar refractivity (Wildman–Crippen MR) is 215 cm³/mol. The Morgan fingerprint density at radius 3 is 2.47 bits per heavy atom. The van der Waals surface area contributed by atoms with Crippen molar-refractivity contribution in [1.82, 2.24) is 35.0 Å². The Morgan fingerprint density at radius 2 is 1.68 bits per heavy atom. The summed E-state index contributed by atoms with van der Waals surface area (Å²) in [5, 5.41) is 5.01. The van der Waals surface area contributed by atoms with Crippen LogP contribution in [0.15, 0.2) is 85.5 Å². The van der Waals surface area contributed by atoms with Gasteiger partial charge in [0.15, 0.2) is 6.61 Å². The molecule has 298 valence electrons. The van der Waals surface area contributed by atoms with Crippen LogP contribution in [0.3, 0.4) is 0 Å². The normalized spacial score (nSPS) is 18.1. The third kappa shape index (κ3) is 9.01. The van der Waals surface area contributed by atoms with E-state index in [-0.39, 0.29) is 30.7 Å². The zero-order chi connectivity index (χ0) is 39.4. The molecule has 11 nitrogen and oxygen atoms in total. The fraction of sp³-hybridized carbons (Fsp3) is 0.409. The van der Waals surface area contributed by atoms with E-state index in [0.29, 0.717) is 36.1 Å². The van der Waals surface area contributed by atoms with Crippen molar-refractivity contribution in [3.8, 4) is 16.9 Å². The molecule has 5 aromatic rings. The number of hydrogen-bond acceptors (Lipinski definition) is 8. The number of halogens is 2. The van der Waals surface area contributed by atoms with Gasteiger partial charge in [0.05, 0.1) is 6.54 Å². The maximum Gasteiger partial charge on any atom is 0.304 e. The van der Waals surface area contributed by atoms with Crippen molar-refractivity contribution in [3.05, 3.63) is 102 Å². The van der Waals surface area contributed by atoms with Gasteiger partial charge in [-0.3, -0.25) is 19.6 Å². The minimum atomic E-state index is -3.20. The first-order valence-electron chi connectivity index (χ1n) is 20.0. The number of aromatic amines is 1. The van der Waals surface area contributed by atoms with Crippen LogP contribution in [-0.2, 0) is 22.5 Å². The van der Waals surface area contributed by atoms with Gasteiger partial charge in [0, 0.05) is 101 Å². The lowest BCUT2D eigenvalue weighted by molar-refractivity contribution is -0.126. The minimum Gasteiger partial charge on any atom is -0.487 e. The van der Waals surface area contributed by atoms with Crippen molar-refractivity contribution >= 4 is 33.6 Å². The molecule has 2 N–H and O–H groups in total. The van der Waals surface area contributed by atoms with Gasteiger partial charge in [-0.05, 0) is 87.5 Å². The number of rotatable bonds is 16. The number of piperidine rings is 1. The van der Waals surface area contributed by atoms with E-state index in [9.17, 15) is 18.4 Å². The zero-order valence-electron chi connectivity index (χ0n) is 32.2. The largest absolute Gasteiger partial charge is 0.487 e. The minimum absolute atomic E-state index is 0.129. The second-order valence-electron chi connectivity index (χ2n) is 15.4. The summed E-state index contributed by atoms with van der Waals surface area (Å²) in [6.45, 7) is 8.55. The highest BCUT2D eigenvalue weighted by molar-refractivity contribution is 6.07. The van der Waals surface area contributed by atoms with Gasteiger partial charge in [0.25, 0.3) is 5.91 Å². The summed E-state index contributed by atoms with van der Waals surface area (Å²) < 4.78 is 40.4. The van der Waals surface area contributed by atoms with Gasteiger partial charge in [0.2, 0.25) is 5.91 Å². The van der Waals surface area contributed by atoms with Crippen LogP contribution in [0.1, 0.15) is 53.7 Å². The standard InChI is InChI=1S/C44H49F2N7O4/c1-30-9-14-40(42(54)49-30)53-27-37-35(43(53)55)7-4-8-41(37)57-29-44(45,46)28-56-23-3-2-17-51-19-21-52(22-20-51)18-5-6-33-12-10-32(25-48-33)31-11-13-34-36-26-47-16-15-38(36)50-39(34)24-31/h4,7-8,10-13,15-16,24-26,40,50H,1-3,5-6,9,14,17-23,27-29H2,(H,49,54). The molecule has 0 aliphatic carbocycles. The zero-order valence-corrected chi connectivity index (χ0v) is 32.2. The lowest BCUT2D eigenvalue weighted by atomic mass is 10.0. The highest BCUT2D eigenvalue weighted by Crippen LogP contribution is 2.35. The Balaban J connectivity index is 0.689. The average Bonchev–Trinajstić information content (AvgIpc) is 3.76. The molecule has 0 saturated carbocycles. The van der Waals surface area contributed by atoms with Crippen molar-refractivity contribution in [2.24, 2.45) is 0 Å². The number of carbonyl (C=O) groups excluding carboxylic acids is 2. The number of benzene rings is 2. The van der Waals surface area contributed by atoms with Crippen LogP contribution in [0.4, 0.5) is 8.78 Å². The third-order valence-electron chi connectivity index (χ3n) is 11.3. The molecule has 2 aromatic carbocycles. The molecule has 0 spiro atoms. The molecule has 2 amide bonds. The quantitative estimate of drug-likeness (QED) is 0.108. The molecule has 6 heterocycles. The predicted octanol–water partition coefficient (Wildman–Crippen LogP) is 6.59. The van der Waals surface area contributed by atoms with Gasteiger partial charge in [-0.1, -0.05) is 30.8 Å². The summed E-state index contributed by atoms with van der Waals surface area (Å²) >= 11 is 0. The van der Waals surface area contributed by atoms with Gasteiger partial charge in [-0.2, -0.15) is 0 Å². The summed E-state index contributed by atoms with van der Waals surface area (Å²) in [4.78, 5) is 44.5. The number of nitrogens with one attached hydrogen (secondary N) is 2. The van der Waals surface area contributed by atoms with E-state index in [2.05, 4.69) is 62.0 Å². The molecule has 3 aliphatic heterocycles. The second kappa shape index (κ2) is 17.1. The SMILES string of the molecule is C=C1CCC(N2Cc3c(OCC(F)(F)COCCCCN4CCN(CCCc5ccc(-c6ccc7c(c6)[nH]c6ccncc67)cn5)CC4)cccc3C2=O)C(=O)N1. The van der Waals surface area contributed by atoms with E-state index in [1.165, 1.54) is 10.3 Å². The molecular formula is C44H49F2N7O4. The van der Waals surface area contributed by atoms with Gasteiger partial charge in [0.1, 0.15) is 18.4 Å². The van der Waals surface area contributed by atoms with E-state index in [0.717, 1.165) is 91.8 Å². The number of fused-ring (bicyclic) bond motifs is 4. The van der Waals surface area contributed by atoms with Crippen molar-refractivity contribution in [1.29, 1.82) is 0 Å². The van der Waals surface area contributed by atoms with Crippen LogP contribution in [0, 0.1) is 0 Å². The van der Waals surface area contributed by atoms with Gasteiger partial charge in [-0.15, -0.1) is 0 Å². The fourth-order valence-electron chi connectivity index (χ4n) is 8.15. The molecule has 1 unspecified atom stereocenters. The first kappa shape index (κ1) is 38.6. The molecule has 0 bridgehead atoms. The molecule has 57 heavy (non-hydrogen) atoms. The van der Waals surface area contributed by atoms with E-state index >= 15 is 0 Å². The first-order valence-corrected chi connectivity index (χ1v) is 20.0. The Labute approximate surface area is 331 Å². The number of piperazine rings is 1. The maximum absolute atomic E-state index is 14.8. The van der Waals surface area contributed by atoms with E-state index in [4.69, 9.17) is 14.5 Å². The second-order valence-corrected chi connectivity index (χ2v) is 15.4.